The zero-order valence-electron chi connectivity index (χ0n) is 11.3. The maximum absolute atomic E-state index is 12.6. The number of piperidine rings is 1. The van der Waals surface area contributed by atoms with Crippen molar-refractivity contribution < 1.29 is 17.9 Å². The molecule has 2 unspecified atom stereocenters. The van der Waals surface area contributed by atoms with Crippen LogP contribution in [-0.4, -0.2) is 37.2 Å². The van der Waals surface area contributed by atoms with Crippen LogP contribution in [-0.2, 0) is 17.5 Å². The van der Waals surface area contributed by atoms with E-state index in [0.717, 1.165) is 41.7 Å². The zero-order valence-corrected chi connectivity index (χ0v) is 12.1. The van der Waals surface area contributed by atoms with Gasteiger partial charge in [-0.05, 0) is 25.0 Å². The van der Waals surface area contributed by atoms with E-state index in [4.69, 9.17) is 10.5 Å². The van der Waals surface area contributed by atoms with Gasteiger partial charge in [-0.3, -0.25) is 4.90 Å². The van der Waals surface area contributed by atoms with Gasteiger partial charge in [0, 0.05) is 37.7 Å². The summed E-state index contributed by atoms with van der Waals surface area (Å²) in [6, 6.07) is 2.88. The van der Waals surface area contributed by atoms with Crippen LogP contribution < -0.4 is 5.73 Å². The molecule has 0 bridgehead atoms. The van der Waals surface area contributed by atoms with Crippen LogP contribution in [0.15, 0.2) is 12.1 Å². The fourth-order valence-electron chi connectivity index (χ4n) is 2.55. The molecule has 20 heavy (non-hydrogen) atoms. The van der Waals surface area contributed by atoms with Crippen LogP contribution in [0.25, 0.3) is 0 Å². The number of hydrogen-bond acceptors (Lipinski definition) is 4. The Balaban J connectivity index is 2.00. The topological polar surface area (TPSA) is 38.5 Å². The maximum Gasteiger partial charge on any atom is 0.425 e. The van der Waals surface area contributed by atoms with E-state index in [0.29, 0.717) is 13.1 Å². The van der Waals surface area contributed by atoms with Crippen LogP contribution in [0.2, 0.25) is 0 Å². The molecule has 2 N–H and O–H groups in total. The summed E-state index contributed by atoms with van der Waals surface area (Å²) in [5.41, 5.74) is 5.76. The van der Waals surface area contributed by atoms with Crippen molar-refractivity contribution in [2.75, 3.05) is 20.2 Å². The number of nitrogens with zero attached hydrogens (tertiary/aromatic N) is 1. The van der Waals surface area contributed by atoms with Crippen molar-refractivity contribution in [2.24, 2.45) is 5.73 Å². The Bertz CT molecular complexity index is 435. The van der Waals surface area contributed by atoms with Crippen molar-refractivity contribution in [3.63, 3.8) is 0 Å². The fourth-order valence-corrected chi connectivity index (χ4v) is 3.45. The van der Waals surface area contributed by atoms with Crippen LogP contribution >= 0.6 is 11.3 Å². The van der Waals surface area contributed by atoms with Gasteiger partial charge in [0.1, 0.15) is 4.88 Å². The highest BCUT2D eigenvalue weighted by atomic mass is 32.1. The summed E-state index contributed by atoms with van der Waals surface area (Å²) in [6.45, 7) is 1.83. The zero-order chi connectivity index (χ0) is 14.8. The van der Waals surface area contributed by atoms with Gasteiger partial charge in [0.15, 0.2) is 0 Å². The second-order valence-electron chi connectivity index (χ2n) is 5.01. The third-order valence-electron chi connectivity index (χ3n) is 3.70. The van der Waals surface area contributed by atoms with Crippen molar-refractivity contribution in [2.45, 2.75) is 37.7 Å². The van der Waals surface area contributed by atoms with E-state index < -0.39 is 11.1 Å². The third-order valence-corrected chi connectivity index (χ3v) is 4.81. The molecule has 1 aromatic heterocycles. The van der Waals surface area contributed by atoms with Crippen LogP contribution in [0.3, 0.4) is 0 Å². The van der Waals surface area contributed by atoms with Crippen molar-refractivity contribution in [1.82, 2.24) is 4.90 Å². The van der Waals surface area contributed by atoms with Crippen LogP contribution in [0.1, 0.15) is 22.6 Å². The molecule has 114 valence electrons. The highest BCUT2D eigenvalue weighted by Gasteiger charge is 2.33. The molecule has 3 nitrogen and oxygen atoms in total. The van der Waals surface area contributed by atoms with Crippen molar-refractivity contribution in [3.8, 4) is 0 Å². The monoisotopic (exact) mass is 308 g/mol. The smallest absolute Gasteiger partial charge is 0.381 e. The van der Waals surface area contributed by atoms with E-state index >= 15 is 0 Å². The van der Waals surface area contributed by atoms with Gasteiger partial charge < -0.3 is 10.5 Å². The highest BCUT2D eigenvalue weighted by Crippen LogP contribution is 2.35. The lowest BCUT2D eigenvalue weighted by Gasteiger charge is -2.38. The van der Waals surface area contributed by atoms with Gasteiger partial charge in [-0.25, -0.2) is 0 Å². The summed E-state index contributed by atoms with van der Waals surface area (Å²) in [5.74, 6) is 0. The third kappa shape index (κ3) is 3.72. The van der Waals surface area contributed by atoms with Gasteiger partial charge in [0.25, 0.3) is 0 Å². The first kappa shape index (κ1) is 15.8. The molecule has 1 saturated heterocycles. The molecule has 0 amide bonds. The summed E-state index contributed by atoms with van der Waals surface area (Å²) in [5, 5.41) is 0. The van der Waals surface area contributed by atoms with Gasteiger partial charge in [0.05, 0.1) is 6.10 Å². The van der Waals surface area contributed by atoms with Gasteiger partial charge in [-0.15, -0.1) is 11.3 Å². The largest absolute Gasteiger partial charge is 0.425 e. The molecular formula is C13H19F3N2OS. The Morgan fingerprint density at radius 1 is 1.45 bits per heavy atom. The number of hydrogen-bond donors (Lipinski definition) is 1. The van der Waals surface area contributed by atoms with E-state index in [-0.39, 0.29) is 12.1 Å². The lowest BCUT2D eigenvalue weighted by molar-refractivity contribution is -0.134. The first-order valence-corrected chi connectivity index (χ1v) is 7.38. The van der Waals surface area contributed by atoms with Gasteiger partial charge in [0.2, 0.25) is 0 Å². The van der Waals surface area contributed by atoms with Gasteiger partial charge in [-0.2, -0.15) is 13.2 Å². The average Bonchev–Trinajstić information content (AvgIpc) is 2.87. The minimum Gasteiger partial charge on any atom is -0.381 e. The minimum absolute atomic E-state index is 0.171. The summed E-state index contributed by atoms with van der Waals surface area (Å²) in [7, 11) is 1.68. The SMILES string of the molecule is COC1CCN(Cc2ccc(C(F)(F)F)s2)C(CN)C1. The number of rotatable bonds is 4. The number of thiophene rings is 1. The Kier molecular flexibility index (Phi) is 5.06. The first-order valence-electron chi connectivity index (χ1n) is 6.57. The lowest BCUT2D eigenvalue weighted by atomic mass is 9.99. The Morgan fingerprint density at radius 2 is 2.20 bits per heavy atom. The number of halogens is 3. The molecule has 1 aliphatic heterocycles. The molecule has 0 aromatic carbocycles. The molecule has 0 radical (unpaired) electrons. The van der Waals surface area contributed by atoms with E-state index in [2.05, 4.69) is 4.90 Å². The molecular weight excluding hydrogens is 289 g/mol. The average molecular weight is 308 g/mol. The minimum atomic E-state index is -4.25. The molecule has 7 heteroatoms. The van der Waals surface area contributed by atoms with Crippen molar-refractivity contribution >= 4 is 11.3 Å². The second-order valence-corrected chi connectivity index (χ2v) is 6.17. The molecule has 2 heterocycles. The second kappa shape index (κ2) is 6.43. The standard InChI is InChI=1S/C13H19F3N2OS/c1-19-10-4-5-18(9(6-10)7-17)8-11-2-3-12(20-11)13(14,15)16/h2-3,9-10H,4-8,17H2,1H3. The van der Waals surface area contributed by atoms with Crippen molar-refractivity contribution in [1.29, 1.82) is 0 Å². The molecule has 0 saturated carbocycles. The predicted octanol–water partition coefficient (Wildman–Crippen LogP) is 2.71. The number of alkyl halides is 3. The number of nitrogens with two attached hydrogens (primary N) is 1. The van der Waals surface area contributed by atoms with E-state index in [9.17, 15) is 13.2 Å². The van der Waals surface area contributed by atoms with E-state index in [1.165, 1.54) is 0 Å². The summed E-state index contributed by atoms with van der Waals surface area (Å²) >= 11 is 0.814. The molecule has 1 fully saturated rings. The van der Waals surface area contributed by atoms with E-state index in [1.54, 1.807) is 13.2 Å². The van der Waals surface area contributed by atoms with Crippen molar-refractivity contribution in [3.05, 3.63) is 21.9 Å². The Labute approximate surface area is 120 Å². The fraction of sp³-hybridized carbons (Fsp3) is 0.692. The normalized spacial score (nSPS) is 25.1. The van der Waals surface area contributed by atoms with Crippen LogP contribution in [0.4, 0.5) is 13.2 Å². The molecule has 0 spiro atoms. The number of ether oxygens (including phenoxy) is 1. The quantitative estimate of drug-likeness (QED) is 0.929. The van der Waals surface area contributed by atoms with Crippen LogP contribution in [0, 0.1) is 0 Å². The maximum atomic E-state index is 12.6. The van der Waals surface area contributed by atoms with Gasteiger partial charge >= 0.3 is 6.18 Å². The molecule has 0 aliphatic carbocycles. The summed E-state index contributed by atoms with van der Waals surface area (Å²) < 4.78 is 43.1. The van der Waals surface area contributed by atoms with E-state index in [1.807, 2.05) is 0 Å². The number of likely N-dealkylation sites (tertiary alicyclic amines) is 1. The molecule has 1 aromatic rings. The molecule has 1 aliphatic rings. The van der Waals surface area contributed by atoms with Crippen LogP contribution in [0.5, 0.6) is 0 Å². The summed E-state index contributed by atoms with van der Waals surface area (Å²) in [6.07, 6.45) is -2.32. The summed E-state index contributed by atoms with van der Waals surface area (Å²) in [4.78, 5) is 2.34. The molecule has 2 atom stereocenters. The van der Waals surface area contributed by atoms with Gasteiger partial charge in [-0.1, -0.05) is 0 Å². The lowest BCUT2D eigenvalue weighted by Crippen LogP contribution is -2.47. The Morgan fingerprint density at radius 3 is 2.75 bits per heavy atom. The first-order chi connectivity index (χ1) is 9.44. The number of methoxy groups -OCH3 is 1. The Hall–Kier alpha value is -0.630. The predicted molar refractivity (Wildman–Crippen MR) is 72.6 cm³/mol. The highest BCUT2D eigenvalue weighted by molar-refractivity contribution is 7.12. The molecule has 2 rings (SSSR count).